The van der Waals surface area contributed by atoms with Crippen LogP contribution >= 0.6 is 0 Å². The summed E-state index contributed by atoms with van der Waals surface area (Å²) in [4.78, 5) is 23.3. The van der Waals surface area contributed by atoms with Gasteiger partial charge in [-0.25, -0.2) is 4.98 Å². The fourth-order valence-electron chi connectivity index (χ4n) is 3.63. The summed E-state index contributed by atoms with van der Waals surface area (Å²) in [5, 5.41) is 4.12. The molecule has 0 radical (unpaired) electrons. The summed E-state index contributed by atoms with van der Waals surface area (Å²) in [6, 6.07) is 13.6. The Morgan fingerprint density at radius 1 is 1.14 bits per heavy atom. The molecule has 7 nitrogen and oxygen atoms in total. The van der Waals surface area contributed by atoms with Crippen LogP contribution in [0, 0.1) is 6.92 Å². The minimum Gasteiger partial charge on any atom is -0.441 e. The SMILES string of the molecule is CCc1nc2cc(-c3noc([C@H]4CC(=O)N(c5ccc(C)cc5)C4)n3)ccc2o1. The summed E-state index contributed by atoms with van der Waals surface area (Å²) < 4.78 is 11.2. The van der Waals surface area contributed by atoms with Gasteiger partial charge in [-0.2, -0.15) is 4.98 Å². The number of anilines is 1. The highest BCUT2D eigenvalue weighted by atomic mass is 16.5. The van der Waals surface area contributed by atoms with Gasteiger partial charge in [0.05, 0.1) is 5.92 Å². The normalized spacial score (nSPS) is 16.8. The van der Waals surface area contributed by atoms with Crippen molar-refractivity contribution in [2.24, 2.45) is 0 Å². The predicted molar refractivity (Wildman–Crippen MR) is 108 cm³/mol. The van der Waals surface area contributed by atoms with Gasteiger partial charge < -0.3 is 13.8 Å². The Morgan fingerprint density at radius 3 is 2.76 bits per heavy atom. The Labute approximate surface area is 167 Å². The number of aromatic nitrogens is 3. The van der Waals surface area contributed by atoms with E-state index in [0.29, 0.717) is 30.6 Å². The summed E-state index contributed by atoms with van der Waals surface area (Å²) in [5.41, 5.74) is 4.37. The third-order valence-corrected chi connectivity index (χ3v) is 5.25. The van der Waals surface area contributed by atoms with E-state index in [-0.39, 0.29) is 11.8 Å². The number of amides is 1. The average Bonchev–Trinajstić information content (AvgIpc) is 3.45. The molecule has 7 heteroatoms. The van der Waals surface area contributed by atoms with Gasteiger partial charge in [-0.1, -0.05) is 29.8 Å². The molecule has 0 saturated carbocycles. The molecule has 4 aromatic rings. The minimum absolute atomic E-state index is 0.0646. The number of rotatable bonds is 4. The predicted octanol–water partition coefficient (Wildman–Crippen LogP) is 4.27. The third kappa shape index (κ3) is 3.18. The largest absolute Gasteiger partial charge is 0.441 e. The molecule has 2 aromatic carbocycles. The van der Waals surface area contributed by atoms with Crippen LogP contribution in [0.1, 0.15) is 36.6 Å². The Morgan fingerprint density at radius 2 is 1.97 bits per heavy atom. The lowest BCUT2D eigenvalue weighted by atomic mass is 10.1. The van der Waals surface area contributed by atoms with Crippen molar-refractivity contribution in [1.82, 2.24) is 15.1 Å². The van der Waals surface area contributed by atoms with Gasteiger partial charge in [-0.3, -0.25) is 4.79 Å². The number of benzene rings is 2. The second kappa shape index (κ2) is 6.84. The van der Waals surface area contributed by atoms with Gasteiger partial charge in [0.1, 0.15) is 5.52 Å². The maximum Gasteiger partial charge on any atom is 0.232 e. The van der Waals surface area contributed by atoms with Crippen LogP contribution in [-0.2, 0) is 11.2 Å². The topological polar surface area (TPSA) is 85.3 Å². The Kier molecular flexibility index (Phi) is 4.16. The Bertz CT molecular complexity index is 1190. The number of aryl methyl sites for hydroxylation is 2. The number of hydrogen-bond donors (Lipinski definition) is 0. The number of nitrogens with zero attached hydrogens (tertiary/aromatic N) is 4. The Hall–Kier alpha value is -3.48. The van der Waals surface area contributed by atoms with E-state index in [0.717, 1.165) is 34.3 Å². The molecule has 0 bridgehead atoms. The average molecular weight is 388 g/mol. The molecule has 1 fully saturated rings. The molecule has 3 heterocycles. The molecule has 1 amide bonds. The van der Waals surface area contributed by atoms with Crippen LogP contribution in [0.5, 0.6) is 0 Å². The molecule has 0 spiro atoms. The summed E-state index contributed by atoms with van der Waals surface area (Å²) in [7, 11) is 0. The molecule has 1 saturated heterocycles. The zero-order valence-electron chi connectivity index (χ0n) is 16.3. The monoisotopic (exact) mass is 388 g/mol. The van der Waals surface area contributed by atoms with Gasteiger partial charge in [-0.15, -0.1) is 0 Å². The maximum absolute atomic E-state index is 12.5. The van der Waals surface area contributed by atoms with E-state index in [1.165, 1.54) is 0 Å². The van der Waals surface area contributed by atoms with E-state index < -0.39 is 0 Å². The van der Waals surface area contributed by atoms with Gasteiger partial charge >= 0.3 is 0 Å². The van der Waals surface area contributed by atoms with Crippen molar-refractivity contribution in [1.29, 1.82) is 0 Å². The fourth-order valence-corrected chi connectivity index (χ4v) is 3.63. The van der Waals surface area contributed by atoms with E-state index >= 15 is 0 Å². The third-order valence-electron chi connectivity index (χ3n) is 5.25. The van der Waals surface area contributed by atoms with E-state index in [1.54, 1.807) is 4.90 Å². The van der Waals surface area contributed by atoms with Crippen LogP contribution in [0.25, 0.3) is 22.5 Å². The molecule has 1 atom stereocenters. The smallest absolute Gasteiger partial charge is 0.232 e. The first-order valence-electron chi connectivity index (χ1n) is 9.71. The van der Waals surface area contributed by atoms with Crippen LogP contribution in [-0.4, -0.2) is 27.6 Å². The zero-order chi connectivity index (χ0) is 20.0. The van der Waals surface area contributed by atoms with Crippen molar-refractivity contribution in [3.8, 4) is 11.4 Å². The molecule has 1 aliphatic rings. The molecule has 29 heavy (non-hydrogen) atoms. The number of fused-ring (bicyclic) bond motifs is 1. The first kappa shape index (κ1) is 17.6. The van der Waals surface area contributed by atoms with Gasteiger partial charge in [0.15, 0.2) is 11.5 Å². The molecule has 146 valence electrons. The standard InChI is InChI=1S/C22H20N4O3/c1-3-19-23-17-10-14(6-9-18(17)28-19)21-24-22(29-25-21)15-11-20(27)26(12-15)16-7-4-13(2)5-8-16/h4-10,15H,3,11-12H2,1-2H3/t15-/m0/s1. The highest BCUT2D eigenvalue weighted by Crippen LogP contribution is 2.32. The van der Waals surface area contributed by atoms with Crippen LogP contribution in [0.3, 0.4) is 0 Å². The van der Waals surface area contributed by atoms with E-state index in [4.69, 9.17) is 8.94 Å². The van der Waals surface area contributed by atoms with Gasteiger partial charge in [0.2, 0.25) is 17.6 Å². The lowest BCUT2D eigenvalue weighted by Crippen LogP contribution is -2.24. The lowest BCUT2D eigenvalue weighted by Gasteiger charge is -2.16. The Balaban J connectivity index is 1.38. The maximum atomic E-state index is 12.5. The second-order valence-corrected chi connectivity index (χ2v) is 7.34. The first-order chi connectivity index (χ1) is 14.1. The van der Waals surface area contributed by atoms with Crippen molar-refractivity contribution in [2.45, 2.75) is 32.6 Å². The number of carbonyl (C=O) groups is 1. The van der Waals surface area contributed by atoms with Crippen molar-refractivity contribution < 1.29 is 13.7 Å². The quantitative estimate of drug-likeness (QED) is 0.519. The molecule has 0 N–H and O–H groups in total. The molecule has 1 aliphatic heterocycles. The van der Waals surface area contributed by atoms with Crippen LogP contribution in [0.15, 0.2) is 51.4 Å². The van der Waals surface area contributed by atoms with Gasteiger partial charge in [0.25, 0.3) is 0 Å². The molecule has 5 rings (SSSR count). The summed E-state index contributed by atoms with van der Waals surface area (Å²) in [6.07, 6.45) is 1.10. The van der Waals surface area contributed by atoms with Gasteiger partial charge in [-0.05, 0) is 37.3 Å². The van der Waals surface area contributed by atoms with Gasteiger partial charge in [0, 0.05) is 30.6 Å². The second-order valence-electron chi connectivity index (χ2n) is 7.34. The summed E-state index contributed by atoms with van der Waals surface area (Å²) in [5.74, 6) is 1.62. The van der Waals surface area contributed by atoms with Crippen LogP contribution in [0.4, 0.5) is 5.69 Å². The molecular formula is C22H20N4O3. The lowest BCUT2D eigenvalue weighted by molar-refractivity contribution is -0.117. The molecule has 2 aromatic heterocycles. The van der Waals surface area contributed by atoms with E-state index in [9.17, 15) is 4.79 Å². The summed E-state index contributed by atoms with van der Waals surface area (Å²) in [6.45, 7) is 4.56. The van der Waals surface area contributed by atoms with Crippen LogP contribution in [0.2, 0.25) is 0 Å². The van der Waals surface area contributed by atoms with Crippen molar-refractivity contribution in [3.63, 3.8) is 0 Å². The van der Waals surface area contributed by atoms with E-state index in [1.807, 2.05) is 56.3 Å². The first-order valence-corrected chi connectivity index (χ1v) is 9.71. The molecule has 0 unspecified atom stereocenters. The number of carbonyl (C=O) groups excluding carboxylic acids is 1. The summed E-state index contributed by atoms with van der Waals surface area (Å²) >= 11 is 0. The molecular weight excluding hydrogens is 368 g/mol. The minimum atomic E-state index is -0.118. The van der Waals surface area contributed by atoms with E-state index in [2.05, 4.69) is 15.1 Å². The van der Waals surface area contributed by atoms with Crippen LogP contribution < -0.4 is 4.90 Å². The number of oxazole rings is 1. The fraction of sp³-hybridized carbons (Fsp3) is 0.273. The van der Waals surface area contributed by atoms with Crippen molar-refractivity contribution >= 4 is 22.7 Å². The molecule has 0 aliphatic carbocycles. The van der Waals surface area contributed by atoms with Crippen molar-refractivity contribution in [3.05, 3.63) is 59.8 Å². The zero-order valence-corrected chi connectivity index (χ0v) is 16.3. The van der Waals surface area contributed by atoms with Crippen molar-refractivity contribution in [2.75, 3.05) is 11.4 Å². The number of hydrogen-bond acceptors (Lipinski definition) is 6. The highest BCUT2D eigenvalue weighted by molar-refractivity contribution is 5.96. The highest BCUT2D eigenvalue weighted by Gasteiger charge is 2.35.